The molecule has 3 N–H and O–H groups in total. The third kappa shape index (κ3) is 1.96. The van der Waals surface area contributed by atoms with E-state index in [0.29, 0.717) is 5.56 Å². The molecule has 90 valence electrons. The van der Waals surface area contributed by atoms with Gasteiger partial charge >= 0.3 is 0 Å². The molecule has 17 heavy (non-hydrogen) atoms. The van der Waals surface area contributed by atoms with Gasteiger partial charge in [0, 0.05) is 30.1 Å². The van der Waals surface area contributed by atoms with Gasteiger partial charge in [0.25, 0.3) is 0 Å². The number of aromatic nitrogens is 2. The van der Waals surface area contributed by atoms with E-state index in [1.54, 1.807) is 6.20 Å². The minimum atomic E-state index is 0.000260. The molecule has 5 heteroatoms. The fraction of sp³-hybridized carbons (Fsp3) is 0.583. The van der Waals surface area contributed by atoms with E-state index in [1.165, 1.54) is 6.21 Å². The van der Waals surface area contributed by atoms with Gasteiger partial charge in [-0.1, -0.05) is 6.92 Å². The zero-order valence-corrected chi connectivity index (χ0v) is 10.1. The Balaban J connectivity index is 2.33. The van der Waals surface area contributed by atoms with Crippen LogP contribution < -0.4 is 5.32 Å². The molecule has 5 nitrogen and oxygen atoms in total. The second-order valence-corrected chi connectivity index (χ2v) is 4.79. The standard InChI is InChI=1S/C12H17N5/c1-3-9(10(5-14)12(2)7-15-12)11-8(4-13)6-16-17-11/h5-6,9-10,14-15H,3,7H2,1-2H3,(H,16,17)/t9?,10-,12-/m1/s1. The van der Waals surface area contributed by atoms with E-state index in [4.69, 9.17) is 10.7 Å². The van der Waals surface area contributed by atoms with Crippen LogP contribution >= 0.6 is 0 Å². The van der Waals surface area contributed by atoms with E-state index < -0.39 is 0 Å². The summed E-state index contributed by atoms with van der Waals surface area (Å²) in [6.07, 6.45) is 3.94. The van der Waals surface area contributed by atoms with E-state index >= 15 is 0 Å². The molecule has 0 saturated carbocycles. The summed E-state index contributed by atoms with van der Waals surface area (Å²) in [5, 5.41) is 26.8. The lowest BCUT2D eigenvalue weighted by Crippen LogP contribution is -2.31. The minimum Gasteiger partial charge on any atom is -0.313 e. The predicted octanol–water partition coefficient (Wildman–Crippen LogP) is 1.40. The molecule has 0 bridgehead atoms. The van der Waals surface area contributed by atoms with Crippen molar-refractivity contribution in [1.82, 2.24) is 15.5 Å². The van der Waals surface area contributed by atoms with E-state index in [-0.39, 0.29) is 17.4 Å². The first-order chi connectivity index (χ1) is 8.16. The van der Waals surface area contributed by atoms with Gasteiger partial charge in [-0.2, -0.15) is 10.4 Å². The van der Waals surface area contributed by atoms with Crippen molar-refractivity contribution in [3.8, 4) is 6.07 Å². The average Bonchev–Trinajstić information content (AvgIpc) is 2.92. The molecule has 1 unspecified atom stereocenters. The van der Waals surface area contributed by atoms with Crippen LogP contribution in [0.1, 0.15) is 37.4 Å². The fourth-order valence-electron chi connectivity index (χ4n) is 2.42. The van der Waals surface area contributed by atoms with Gasteiger partial charge in [0.05, 0.1) is 17.5 Å². The molecule has 0 aromatic carbocycles. The third-order valence-electron chi connectivity index (χ3n) is 3.68. The third-order valence-corrected chi connectivity index (χ3v) is 3.68. The number of nitrogens with one attached hydrogen (secondary N) is 3. The molecule has 1 fully saturated rings. The summed E-state index contributed by atoms with van der Waals surface area (Å²) in [5.41, 5.74) is 1.45. The highest BCUT2D eigenvalue weighted by molar-refractivity contribution is 5.63. The average molecular weight is 231 g/mol. The monoisotopic (exact) mass is 231 g/mol. The van der Waals surface area contributed by atoms with E-state index in [0.717, 1.165) is 18.7 Å². The number of H-pyrrole nitrogens is 1. The SMILES string of the molecule is CCC(c1[nH]ncc1C#N)[C@@H](C=N)[C@@]1(C)CN1. The first-order valence-corrected chi connectivity index (χ1v) is 5.85. The molecule has 1 aromatic rings. The van der Waals surface area contributed by atoms with Crippen molar-refractivity contribution in [1.29, 1.82) is 10.7 Å². The summed E-state index contributed by atoms with van der Waals surface area (Å²) in [5.74, 6) is 0.240. The van der Waals surface area contributed by atoms with Crippen molar-refractivity contribution >= 4 is 6.21 Å². The number of nitriles is 1. The summed E-state index contributed by atoms with van der Waals surface area (Å²) in [4.78, 5) is 0. The van der Waals surface area contributed by atoms with Gasteiger partial charge in [0.1, 0.15) is 6.07 Å². The van der Waals surface area contributed by atoms with Crippen LogP contribution in [0, 0.1) is 22.7 Å². The van der Waals surface area contributed by atoms with Crippen LogP contribution in [0.3, 0.4) is 0 Å². The first-order valence-electron chi connectivity index (χ1n) is 5.85. The summed E-state index contributed by atoms with van der Waals surface area (Å²) >= 11 is 0. The largest absolute Gasteiger partial charge is 0.313 e. The Hall–Kier alpha value is -1.67. The van der Waals surface area contributed by atoms with Crippen molar-refractivity contribution in [3.05, 3.63) is 17.5 Å². The topological polar surface area (TPSA) is 98.3 Å². The Morgan fingerprint density at radius 3 is 2.94 bits per heavy atom. The van der Waals surface area contributed by atoms with Crippen molar-refractivity contribution in [2.45, 2.75) is 31.7 Å². The predicted molar refractivity (Wildman–Crippen MR) is 65.0 cm³/mol. The highest BCUT2D eigenvalue weighted by atomic mass is 15.2. The van der Waals surface area contributed by atoms with Crippen molar-refractivity contribution in [3.63, 3.8) is 0 Å². The van der Waals surface area contributed by atoms with Crippen molar-refractivity contribution < 1.29 is 0 Å². The smallest absolute Gasteiger partial charge is 0.103 e. The highest BCUT2D eigenvalue weighted by Crippen LogP contribution is 2.38. The number of hydrogen-bond acceptors (Lipinski definition) is 4. The van der Waals surface area contributed by atoms with Crippen LogP contribution in [0.5, 0.6) is 0 Å². The quantitative estimate of drug-likeness (QED) is 0.527. The minimum absolute atomic E-state index is 0.000260. The lowest BCUT2D eigenvalue weighted by Gasteiger charge is -2.26. The molecule has 0 amide bonds. The molecule has 1 saturated heterocycles. The van der Waals surface area contributed by atoms with Gasteiger partial charge in [0.2, 0.25) is 0 Å². The van der Waals surface area contributed by atoms with E-state index in [9.17, 15) is 0 Å². The molecule has 1 aliphatic heterocycles. The van der Waals surface area contributed by atoms with E-state index in [2.05, 4.69) is 35.4 Å². The zero-order valence-electron chi connectivity index (χ0n) is 10.1. The Bertz CT molecular complexity index is 452. The normalized spacial score (nSPS) is 25.9. The Morgan fingerprint density at radius 2 is 2.47 bits per heavy atom. The summed E-state index contributed by atoms with van der Waals surface area (Å²) in [6.45, 7) is 5.13. The molecule has 0 aliphatic carbocycles. The number of rotatable bonds is 5. The van der Waals surface area contributed by atoms with Gasteiger partial charge < -0.3 is 10.7 Å². The molecule has 0 spiro atoms. The molecule has 1 aromatic heterocycles. The molecule has 3 atom stereocenters. The van der Waals surface area contributed by atoms with E-state index in [1.807, 2.05) is 0 Å². The van der Waals surface area contributed by atoms with Gasteiger partial charge in [-0.15, -0.1) is 0 Å². The van der Waals surface area contributed by atoms with Crippen LogP contribution in [0.2, 0.25) is 0 Å². The molecular weight excluding hydrogens is 214 g/mol. The fourth-order valence-corrected chi connectivity index (χ4v) is 2.42. The summed E-state index contributed by atoms with van der Waals surface area (Å²) < 4.78 is 0. The van der Waals surface area contributed by atoms with Crippen LogP contribution in [-0.4, -0.2) is 28.5 Å². The second-order valence-electron chi connectivity index (χ2n) is 4.79. The molecule has 2 heterocycles. The van der Waals surface area contributed by atoms with Gasteiger partial charge in [0.15, 0.2) is 0 Å². The lowest BCUT2D eigenvalue weighted by molar-refractivity contribution is 0.426. The Kier molecular flexibility index (Phi) is 2.99. The van der Waals surface area contributed by atoms with Crippen LogP contribution in [0.4, 0.5) is 0 Å². The van der Waals surface area contributed by atoms with Gasteiger partial charge in [-0.3, -0.25) is 5.10 Å². The molecule has 1 aliphatic rings. The number of hydrogen-bond donors (Lipinski definition) is 3. The molecule has 0 radical (unpaired) electrons. The van der Waals surface area contributed by atoms with Crippen molar-refractivity contribution in [2.75, 3.05) is 6.54 Å². The maximum atomic E-state index is 9.04. The molecule has 2 rings (SSSR count). The maximum absolute atomic E-state index is 9.04. The zero-order chi connectivity index (χ0) is 12.5. The number of nitrogens with zero attached hydrogens (tertiary/aromatic N) is 2. The lowest BCUT2D eigenvalue weighted by atomic mass is 9.78. The van der Waals surface area contributed by atoms with Gasteiger partial charge in [-0.05, 0) is 13.3 Å². The Labute approximate surface area is 101 Å². The highest BCUT2D eigenvalue weighted by Gasteiger charge is 2.47. The van der Waals surface area contributed by atoms with Crippen molar-refractivity contribution in [2.24, 2.45) is 5.92 Å². The summed E-state index contributed by atoms with van der Waals surface area (Å²) in [7, 11) is 0. The van der Waals surface area contributed by atoms with Crippen LogP contribution in [0.15, 0.2) is 6.20 Å². The second kappa shape index (κ2) is 4.30. The maximum Gasteiger partial charge on any atom is 0.103 e. The van der Waals surface area contributed by atoms with Crippen LogP contribution in [0.25, 0.3) is 0 Å². The van der Waals surface area contributed by atoms with Crippen LogP contribution in [-0.2, 0) is 0 Å². The van der Waals surface area contributed by atoms with Gasteiger partial charge in [-0.25, -0.2) is 0 Å². The first kappa shape index (κ1) is 11.8. The molecular formula is C12H17N5. The number of aromatic amines is 1. The summed E-state index contributed by atoms with van der Waals surface area (Å²) in [6, 6.07) is 2.15. The Morgan fingerprint density at radius 1 is 1.76 bits per heavy atom.